The van der Waals surface area contributed by atoms with Gasteiger partial charge in [-0.05, 0) is 55.9 Å². The monoisotopic (exact) mass is 218 g/mol. The Hall–Kier alpha value is -1.44. The first-order chi connectivity index (χ1) is 7.68. The zero-order chi connectivity index (χ0) is 11.5. The van der Waals surface area contributed by atoms with E-state index in [2.05, 4.69) is 0 Å². The number of allylic oxidation sites excluding steroid dienone is 2. The highest BCUT2D eigenvalue weighted by molar-refractivity contribution is 6.09. The molecule has 0 fully saturated rings. The molecule has 0 saturated heterocycles. The molecule has 0 amide bonds. The lowest BCUT2D eigenvalue weighted by atomic mass is 9.91. The molecule has 0 heterocycles. The Kier molecular flexibility index (Phi) is 3.18. The lowest BCUT2D eigenvalue weighted by Crippen LogP contribution is -2.08. The molecule has 1 aliphatic rings. The highest BCUT2D eigenvalue weighted by Crippen LogP contribution is 2.23. The van der Waals surface area contributed by atoms with E-state index in [9.17, 15) is 9.18 Å². The Bertz CT molecular complexity index is 446. The minimum absolute atomic E-state index is 0.00306. The van der Waals surface area contributed by atoms with Gasteiger partial charge in [0.2, 0.25) is 0 Å². The number of hydrogen-bond acceptors (Lipinski definition) is 1. The van der Waals surface area contributed by atoms with Crippen molar-refractivity contribution in [2.24, 2.45) is 0 Å². The molecule has 0 aromatic heterocycles. The van der Waals surface area contributed by atoms with Gasteiger partial charge in [-0.25, -0.2) is 4.39 Å². The van der Waals surface area contributed by atoms with Gasteiger partial charge in [0.1, 0.15) is 5.82 Å². The summed E-state index contributed by atoms with van der Waals surface area (Å²) in [7, 11) is 0. The molecule has 84 valence electrons. The summed E-state index contributed by atoms with van der Waals surface area (Å²) in [6.07, 6.45) is 6.01. The third-order valence-corrected chi connectivity index (χ3v) is 3.03. The predicted molar refractivity (Wildman–Crippen MR) is 62.0 cm³/mol. The minimum Gasteiger partial charge on any atom is -0.289 e. The van der Waals surface area contributed by atoms with Gasteiger partial charge in [0.15, 0.2) is 5.78 Å². The molecular formula is C14H15FO. The predicted octanol–water partition coefficient (Wildman–Crippen LogP) is 3.82. The summed E-state index contributed by atoms with van der Waals surface area (Å²) in [6, 6.07) is 4.39. The molecule has 0 atom stereocenters. The number of carbonyl (C=O) groups is 1. The molecular weight excluding hydrogens is 203 g/mol. The summed E-state index contributed by atoms with van der Waals surface area (Å²) in [5.41, 5.74) is 2.20. The van der Waals surface area contributed by atoms with E-state index in [1.54, 1.807) is 6.07 Å². The van der Waals surface area contributed by atoms with E-state index in [1.807, 2.05) is 13.0 Å². The first-order valence-corrected chi connectivity index (χ1v) is 5.68. The normalized spacial score (nSPS) is 15.8. The molecule has 0 spiro atoms. The first kappa shape index (κ1) is 11.1. The van der Waals surface area contributed by atoms with E-state index in [4.69, 9.17) is 0 Å². The second-order valence-electron chi connectivity index (χ2n) is 4.26. The van der Waals surface area contributed by atoms with Crippen molar-refractivity contribution in [2.45, 2.75) is 32.6 Å². The SMILES string of the molecule is Cc1ccc(F)cc1C(=O)C1=CCCCC1. The summed E-state index contributed by atoms with van der Waals surface area (Å²) >= 11 is 0. The van der Waals surface area contributed by atoms with Gasteiger partial charge in [-0.1, -0.05) is 12.1 Å². The molecule has 2 heteroatoms. The lowest BCUT2D eigenvalue weighted by Gasteiger charge is -2.12. The van der Waals surface area contributed by atoms with Crippen LogP contribution in [0.25, 0.3) is 0 Å². The van der Waals surface area contributed by atoms with Crippen LogP contribution in [0.5, 0.6) is 0 Å². The Morgan fingerprint density at radius 3 is 2.81 bits per heavy atom. The van der Waals surface area contributed by atoms with Gasteiger partial charge in [-0.3, -0.25) is 4.79 Å². The van der Waals surface area contributed by atoms with E-state index in [0.29, 0.717) is 5.56 Å². The van der Waals surface area contributed by atoms with Crippen LogP contribution in [0.1, 0.15) is 41.6 Å². The standard InChI is InChI=1S/C14H15FO/c1-10-7-8-12(15)9-13(10)14(16)11-5-3-2-4-6-11/h5,7-9H,2-4,6H2,1H3. The fourth-order valence-corrected chi connectivity index (χ4v) is 2.06. The highest BCUT2D eigenvalue weighted by atomic mass is 19.1. The van der Waals surface area contributed by atoms with E-state index in [1.165, 1.54) is 12.1 Å². The second-order valence-corrected chi connectivity index (χ2v) is 4.26. The fourth-order valence-electron chi connectivity index (χ4n) is 2.06. The molecule has 0 unspecified atom stereocenters. The smallest absolute Gasteiger partial charge is 0.189 e. The number of ketones is 1. The maximum atomic E-state index is 13.1. The van der Waals surface area contributed by atoms with Crippen molar-refractivity contribution in [3.05, 3.63) is 46.8 Å². The lowest BCUT2D eigenvalue weighted by molar-refractivity contribution is 0.102. The average Bonchev–Trinajstić information content (AvgIpc) is 2.32. The third kappa shape index (κ3) is 2.21. The number of benzene rings is 1. The minimum atomic E-state index is -0.342. The van der Waals surface area contributed by atoms with Gasteiger partial charge in [0.05, 0.1) is 0 Å². The topological polar surface area (TPSA) is 17.1 Å². The largest absolute Gasteiger partial charge is 0.289 e. The molecule has 0 bridgehead atoms. The summed E-state index contributed by atoms with van der Waals surface area (Å²) in [4.78, 5) is 12.1. The second kappa shape index (κ2) is 4.60. The van der Waals surface area contributed by atoms with Crippen molar-refractivity contribution in [1.82, 2.24) is 0 Å². The van der Waals surface area contributed by atoms with Crippen molar-refractivity contribution in [3.63, 3.8) is 0 Å². The van der Waals surface area contributed by atoms with Gasteiger partial charge >= 0.3 is 0 Å². The van der Waals surface area contributed by atoms with Gasteiger partial charge in [-0.15, -0.1) is 0 Å². The van der Waals surface area contributed by atoms with E-state index in [-0.39, 0.29) is 11.6 Å². The highest BCUT2D eigenvalue weighted by Gasteiger charge is 2.16. The van der Waals surface area contributed by atoms with Crippen LogP contribution in [0.4, 0.5) is 4.39 Å². The Morgan fingerprint density at radius 1 is 1.31 bits per heavy atom. The molecule has 16 heavy (non-hydrogen) atoms. The summed E-state index contributed by atoms with van der Waals surface area (Å²) in [6.45, 7) is 1.84. The van der Waals surface area contributed by atoms with E-state index < -0.39 is 0 Å². The maximum Gasteiger partial charge on any atom is 0.189 e. The molecule has 0 saturated carbocycles. The number of Topliss-reactive ketones (excluding diaryl/α,β-unsaturated/α-hetero) is 1. The molecule has 0 aliphatic heterocycles. The molecule has 0 N–H and O–H groups in total. The summed E-state index contributed by atoms with van der Waals surface area (Å²) in [5, 5.41) is 0. The van der Waals surface area contributed by atoms with Crippen molar-refractivity contribution >= 4 is 5.78 Å². The molecule has 1 aromatic carbocycles. The molecule has 0 radical (unpaired) electrons. The van der Waals surface area contributed by atoms with Crippen molar-refractivity contribution in [1.29, 1.82) is 0 Å². The Labute approximate surface area is 95.0 Å². The van der Waals surface area contributed by atoms with Gasteiger partial charge in [0.25, 0.3) is 0 Å². The summed E-state index contributed by atoms with van der Waals surface area (Å²) in [5.74, 6) is -0.345. The number of halogens is 1. The van der Waals surface area contributed by atoms with Crippen molar-refractivity contribution in [2.75, 3.05) is 0 Å². The van der Waals surface area contributed by atoms with Crippen LogP contribution < -0.4 is 0 Å². The molecule has 2 rings (SSSR count). The van der Waals surface area contributed by atoms with Gasteiger partial charge in [0, 0.05) is 5.56 Å². The van der Waals surface area contributed by atoms with Crippen molar-refractivity contribution in [3.8, 4) is 0 Å². The zero-order valence-corrected chi connectivity index (χ0v) is 9.42. The third-order valence-electron chi connectivity index (χ3n) is 3.03. The van der Waals surface area contributed by atoms with E-state index in [0.717, 1.165) is 36.8 Å². The fraction of sp³-hybridized carbons (Fsp3) is 0.357. The Morgan fingerprint density at radius 2 is 2.12 bits per heavy atom. The molecule has 1 aliphatic carbocycles. The summed E-state index contributed by atoms with van der Waals surface area (Å²) < 4.78 is 13.1. The average molecular weight is 218 g/mol. The molecule has 1 aromatic rings. The van der Waals surface area contributed by atoms with Crippen LogP contribution in [0.15, 0.2) is 29.8 Å². The van der Waals surface area contributed by atoms with Crippen LogP contribution in [0.3, 0.4) is 0 Å². The maximum absolute atomic E-state index is 13.1. The van der Waals surface area contributed by atoms with Crippen LogP contribution in [-0.4, -0.2) is 5.78 Å². The zero-order valence-electron chi connectivity index (χ0n) is 9.42. The number of rotatable bonds is 2. The quantitative estimate of drug-likeness (QED) is 0.690. The van der Waals surface area contributed by atoms with Crippen LogP contribution in [-0.2, 0) is 0 Å². The number of hydrogen-bond donors (Lipinski definition) is 0. The van der Waals surface area contributed by atoms with Crippen molar-refractivity contribution < 1.29 is 9.18 Å². The van der Waals surface area contributed by atoms with Crippen LogP contribution in [0, 0.1) is 12.7 Å². The number of carbonyl (C=O) groups excluding carboxylic acids is 1. The molecule has 1 nitrogen and oxygen atoms in total. The van der Waals surface area contributed by atoms with E-state index >= 15 is 0 Å². The van der Waals surface area contributed by atoms with Gasteiger partial charge < -0.3 is 0 Å². The number of aryl methyl sites for hydroxylation is 1. The van der Waals surface area contributed by atoms with Gasteiger partial charge in [-0.2, -0.15) is 0 Å². The van der Waals surface area contributed by atoms with Crippen LogP contribution >= 0.6 is 0 Å². The Balaban J connectivity index is 2.33. The first-order valence-electron chi connectivity index (χ1n) is 5.68. The van der Waals surface area contributed by atoms with Crippen LogP contribution in [0.2, 0.25) is 0 Å².